The third-order valence-corrected chi connectivity index (χ3v) is 5.26. The van der Waals surface area contributed by atoms with Crippen molar-refractivity contribution >= 4 is 28.7 Å². The van der Waals surface area contributed by atoms with E-state index in [1.54, 1.807) is 11.4 Å². The van der Waals surface area contributed by atoms with Crippen LogP contribution in [0.4, 0.5) is 5.82 Å². The summed E-state index contributed by atoms with van der Waals surface area (Å²) in [6, 6.07) is 1.81. The van der Waals surface area contributed by atoms with Gasteiger partial charge in [0.2, 0.25) is 5.78 Å². The van der Waals surface area contributed by atoms with Gasteiger partial charge in [-0.3, -0.25) is 9.59 Å². The number of thiophene rings is 1. The van der Waals surface area contributed by atoms with E-state index >= 15 is 0 Å². The Kier molecular flexibility index (Phi) is 5.01. The van der Waals surface area contributed by atoms with Crippen LogP contribution in [0.1, 0.15) is 51.8 Å². The maximum absolute atomic E-state index is 12.7. The van der Waals surface area contributed by atoms with Crippen LogP contribution in [-0.4, -0.2) is 39.3 Å². The zero-order valence-corrected chi connectivity index (χ0v) is 14.2. The number of aliphatic hydroxyl groups is 1. The van der Waals surface area contributed by atoms with E-state index in [-0.39, 0.29) is 24.2 Å². The average molecular weight is 345 g/mol. The summed E-state index contributed by atoms with van der Waals surface area (Å²) < 4.78 is 0. The molecule has 0 radical (unpaired) electrons. The van der Waals surface area contributed by atoms with Gasteiger partial charge in [0.1, 0.15) is 12.1 Å². The quantitative estimate of drug-likeness (QED) is 0.782. The summed E-state index contributed by atoms with van der Waals surface area (Å²) >= 11 is 1.25. The van der Waals surface area contributed by atoms with Crippen LogP contribution < -0.4 is 5.32 Å². The number of aliphatic hydroxyl groups excluding tert-OH is 1. The molecular weight excluding hydrogens is 326 g/mol. The summed E-state index contributed by atoms with van der Waals surface area (Å²) in [5.74, 6) is 0.566. The summed E-state index contributed by atoms with van der Waals surface area (Å²) in [6.45, 7) is 1.67. The Labute approximate surface area is 144 Å². The first-order valence-electron chi connectivity index (χ1n) is 7.90. The lowest BCUT2D eigenvalue weighted by atomic mass is 10.1. The van der Waals surface area contributed by atoms with Gasteiger partial charge in [0, 0.05) is 29.8 Å². The minimum atomic E-state index is -0.188. The molecule has 2 atom stereocenters. The van der Waals surface area contributed by atoms with E-state index in [9.17, 15) is 14.7 Å². The van der Waals surface area contributed by atoms with Crippen molar-refractivity contribution in [2.24, 2.45) is 5.92 Å². The second kappa shape index (κ2) is 7.19. The fraction of sp³-hybridized carbons (Fsp3) is 0.412. The van der Waals surface area contributed by atoms with E-state index in [2.05, 4.69) is 15.3 Å². The lowest BCUT2D eigenvalue weighted by Gasteiger charge is -2.15. The monoisotopic (exact) mass is 345 g/mol. The number of Topliss-reactive ketones (excluding diaryl/α,β-unsaturated/α-hetero) is 1. The Bertz CT molecular complexity index is 759. The molecule has 2 N–H and O–H groups in total. The van der Waals surface area contributed by atoms with Crippen molar-refractivity contribution in [3.8, 4) is 0 Å². The van der Waals surface area contributed by atoms with Crippen molar-refractivity contribution in [2.45, 2.75) is 32.2 Å². The molecule has 2 aromatic rings. The van der Waals surface area contributed by atoms with Crippen LogP contribution in [0.5, 0.6) is 0 Å². The molecule has 2 heterocycles. The molecular formula is C17H19N3O3S. The van der Waals surface area contributed by atoms with Crippen molar-refractivity contribution in [2.75, 3.05) is 11.9 Å². The molecule has 1 saturated carbocycles. The fourth-order valence-corrected chi connectivity index (χ4v) is 3.85. The van der Waals surface area contributed by atoms with Crippen molar-refractivity contribution < 1.29 is 14.7 Å². The number of nitrogens with one attached hydrogen (secondary N) is 1. The van der Waals surface area contributed by atoms with Crippen LogP contribution in [0.15, 0.2) is 24.0 Å². The zero-order valence-electron chi connectivity index (χ0n) is 13.4. The number of nitrogens with zero attached hydrogens (tertiary/aromatic N) is 2. The Morgan fingerprint density at radius 3 is 2.92 bits per heavy atom. The highest BCUT2D eigenvalue weighted by Crippen LogP contribution is 2.29. The SMILES string of the molecule is CC(=O)c1csc(C(=O)c2cncnc2NC2CCC(CO)C2)c1. The predicted octanol–water partition coefficient (Wildman–Crippen LogP) is 2.54. The number of rotatable bonds is 6. The number of carbonyl (C=O) groups excluding carboxylic acids is 2. The highest BCUT2D eigenvalue weighted by molar-refractivity contribution is 7.12. The number of anilines is 1. The van der Waals surface area contributed by atoms with Crippen molar-refractivity contribution in [1.82, 2.24) is 9.97 Å². The van der Waals surface area contributed by atoms with Gasteiger partial charge in [-0.25, -0.2) is 9.97 Å². The molecule has 1 fully saturated rings. The summed E-state index contributed by atoms with van der Waals surface area (Å²) in [6.07, 6.45) is 5.68. The van der Waals surface area contributed by atoms with Gasteiger partial charge in [0.25, 0.3) is 0 Å². The minimum Gasteiger partial charge on any atom is -0.396 e. The molecule has 0 bridgehead atoms. The summed E-state index contributed by atoms with van der Waals surface area (Å²) in [7, 11) is 0. The summed E-state index contributed by atoms with van der Waals surface area (Å²) in [5.41, 5.74) is 0.943. The van der Waals surface area contributed by atoms with Crippen molar-refractivity contribution in [3.05, 3.63) is 40.0 Å². The van der Waals surface area contributed by atoms with Gasteiger partial charge in [0.05, 0.1) is 10.4 Å². The van der Waals surface area contributed by atoms with Crippen LogP contribution in [0.3, 0.4) is 0 Å². The molecule has 0 aliphatic heterocycles. The molecule has 6 nitrogen and oxygen atoms in total. The molecule has 7 heteroatoms. The topological polar surface area (TPSA) is 92.2 Å². The number of aromatic nitrogens is 2. The molecule has 1 aliphatic carbocycles. The Morgan fingerprint density at radius 1 is 1.42 bits per heavy atom. The highest BCUT2D eigenvalue weighted by Gasteiger charge is 2.26. The smallest absolute Gasteiger partial charge is 0.208 e. The van der Waals surface area contributed by atoms with E-state index in [4.69, 9.17) is 0 Å². The van der Waals surface area contributed by atoms with Gasteiger partial charge in [-0.2, -0.15) is 0 Å². The van der Waals surface area contributed by atoms with E-state index in [1.807, 2.05) is 0 Å². The number of ketones is 2. The van der Waals surface area contributed by atoms with Crippen LogP contribution in [0.2, 0.25) is 0 Å². The molecule has 0 aromatic carbocycles. The molecule has 24 heavy (non-hydrogen) atoms. The maximum atomic E-state index is 12.7. The molecule has 2 aromatic heterocycles. The molecule has 0 saturated heterocycles. The lowest BCUT2D eigenvalue weighted by Crippen LogP contribution is -2.19. The van der Waals surface area contributed by atoms with Crippen LogP contribution in [-0.2, 0) is 0 Å². The first-order chi connectivity index (χ1) is 11.6. The molecule has 2 unspecified atom stereocenters. The normalized spacial score (nSPS) is 20.1. The van der Waals surface area contributed by atoms with Gasteiger partial charge in [-0.05, 0) is 38.2 Å². The van der Waals surface area contributed by atoms with E-state index in [0.717, 1.165) is 19.3 Å². The summed E-state index contributed by atoms with van der Waals surface area (Å²) in [4.78, 5) is 32.8. The van der Waals surface area contributed by atoms with E-state index in [0.29, 0.717) is 27.7 Å². The first kappa shape index (κ1) is 16.7. The predicted molar refractivity (Wildman–Crippen MR) is 91.6 cm³/mol. The van der Waals surface area contributed by atoms with Crippen LogP contribution in [0.25, 0.3) is 0 Å². The average Bonchev–Trinajstić information content (AvgIpc) is 3.24. The molecule has 1 aliphatic rings. The van der Waals surface area contributed by atoms with Crippen LogP contribution >= 0.6 is 11.3 Å². The number of hydrogen-bond acceptors (Lipinski definition) is 7. The van der Waals surface area contributed by atoms with Gasteiger partial charge in [-0.1, -0.05) is 0 Å². The highest BCUT2D eigenvalue weighted by atomic mass is 32.1. The lowest BCUT2D eigenvalue weighted by molar-refractivity contribution is 0.101. The van der Waals surface area contributed by atoms with Crippen LogP contribution in [0, 0.1) is 5.92 Å². The molecule has 0 amide bonds. The molecule has 126 valence electrons. The standard InChI is InChI=1S/C17H19N3O3S/c1-10(22)12-5-15(24-8-12)16(23)14-6-18-9-19-17(14)20-13-3-2-11(4-13)7-21/h5-6,8-9,11,13,21H,2-4,7H2,1H3,(H,18,19,20). The van der Waals surface area contributed by atoms with Gasteiger partial charge < -0.3 is 10.4 Å². The second-order valence-electron chi connectivity index (χ2n) is 6.07. The third kappa shape index (κ3) is 3.52. The first-order valence-corrected chi connectivity index (χ1v) is 8.78. The third-order valence-electron chi connectivity index (χ3n) is 4.33. The largest absolute Gasteiger partial charge is 0.396 e. The Balaban J connectivity index is 1.80. The van der Waals surface area contributed by atoms with Gasteiger partial charge in [0.15, 0.2) is 5.78 Å². The Hall–Kier alpha value is -2.12. The maximum Gasteiger partial charge on any atom is 0.208 e. The van der Waals surface area contributed by atoms with Crippen molar-refractivity contribution in [3.63, 3.8) is 0 Å². The number of hydrogen-bond donors (Lipinski definition) is 2. The second-order valence-corrected chi connectivity index (χ2v) is 6.98. The Morgan fingerprint density at radius 2 is 2.25 bits per heavy atom. The zero-order chi connectivity index (χ0) is 17.1. The van der Waals surface area contributed by atoms with Crippen molar-refractivity contribution in [1.29, 1.82) is 0 Å². The van der Waals surface area contributed by atoms with E-state index in [1.165, 1.54) is 30.8 Å². The summed E-state index contributed by atoms with van der Waals surface area (Å²) in [5, 5.41) is 14.3. The minimum absolute atomic E-state index is 0.0611. The van der Waals surface area contributed by atoms with E-state index < -0.39 is 0 Å². The fourth-order valence-electron chi connectivity index (χ4n) is 2.95. The number of carbonyl (C=O) groups is 2. The molecule has 0 spiro atoms. The van der Waals surface area contributed by atoms with Gasteiger partial charge >= 0.3 is 0 Å². The van der Waals surface area contributed by atoms with Gasteiger partial charge in [-0.15, -0.1) is 11.3 Å². The molecule has 3 rings (SSSR count).